The van der Waals surface area contributed by atoms with Crippen LogP contribution in [0.5, 0.6) is 0 Å². The average molecular weight is 553 g/mol. The maximum atomic E-state index is 13.6. The van der Waals surface area contributed by atoms with Crippen LogP contribution < -0.4 is 20.0 Å². The number of nitrogens with zero attached hydrogens (tertiary/aromatic N) is 7. The van der Waals surface area contributed by atoms with Crippen molar-refractivity contribution in [3.8, 4) is 0 Å². The average Bonchev–Trinajstić information content (AvgIpc) is 3.41. The normalized spacial score (nSPS) is 17.4. The number of aliphatic hydroxyl groups excluding tert-OH is 1. The summed E-state index contributed by atoms with van der Waals surface area (Å²) in [5.41, 5.74) is 3.31. The van der Waals surface area contributed by atoms with Crippen LogP contribution in [0.4, 0.5) is 28.8 Å². The number of aromatic nitrogens is 2. The van der Waals surface area contributed by atoms with Crippen molar-refractivity contribution in [2.75, 3.05) is 66.3 Å². The molecule has 0 aliphatic carbocycles. The summed E-state index contributed by atoms with van der Waals surface area (Å²) in [5, 5.41) is 14.0. The number of carbonyl (C=O) groups excluding carboxylic acids is 1. The predicted octanol–water partition coefficient (Wildman–Crippen LogP) is 3.61. The first-order chi connectivity index (χ1) is 18.4. The molecule has 0 spiro atoms. The molecule has 0 atom stereocenters. The van der Waals surface area contributed by atoms with E-state index in [4.69, 9.17) is 23.2 Å². The van der Waals surface area contributed by atoms with Crippen LogP contribution in [0.2, 0.25) is 10.0 Å². The number of nitrogens with one attached hydrogen (secondary N) is 1. The first-order valence-corrected chi connectivity index (χ1v) is 13.1. The molecule has 1 aromatic heterocycles. The van der Waals surface area contributed by atoms with Crippen molar-refractivity contribution in [1.82, 2.24) is 14.9 Å². The number of halogens is 2. The van der Waals surface area contributed by atoms with Gasteiger partial charge in [0.2, 0.25) is 11.9 Å². The zero-order chi connectivity index (χ0) is 26.4. The lowest BCUT2D eigenvalue weighted by atomic mass is 10.1. The fourth-order valence-corrected chi connectivity index (χ4v) is 5.57. The van der Waals surface area contributed by atoms with Gasteiger partial charge in [0.15, 0.2) is 5.82 Å². The van der Waals surface area contributed by atoms with Gasteiger partial charge in [0, 0.05) is 55.9 Å². The van der Waals surface area contributed by atoms with E-state index < -0.39 is 0 Å². The third-order valence-corrected chi connectivity index (χ3v) is 7.60. The molecule has 0 bridgehead atoms. The van der Waals surface area contributed by atoms with Crippen molar-refractivity contribution < 1.29 is 9.90 Å². The summed E-state index contributed by atoms with van der Waals surface area (Å²) in [6, 6.07) is 11.0. The molecule has 3 aliphatic rings. The fraction of sp³-hybridized carbons (Fsp3) is 0.308. The largest absolute Gasteiger partial charge is 0.392 e. The number of benzene rings is 2. The fourth-order valence-electron chi connectivity index (χ4n) is 5.01. The molecule has 3 aliphatic heterocycles. The lowest BCUT2D eigenvalue weighted by Gasteiger charge is -2.35. The molecular formula is C26H26Cl2N8O2. The highest BCUT2D eigenvalue weighted by Gasteiger charge is 2.41. The second kappa shape index (κ2) is 10.0. The van der Waals surface area contributed by atoms with Gasteiger partial charge in [-0.25, -0.2) is 9.88 Å². The number of para-hydroxylation sites is 1. The SMILES string of the molecule is CN1CCN(c2ccc(Nc3ncc4c(n3)N3CCN=C3N(c3c(Cl)cccc3Cl)C4=O)cc2CO)CC1. The number of guanidine groups is 1. The van der Waals surface area contributed by atoms with Crippen molar-refractivity contribution in [3.63, 3.8) is 0 Å². The Morgan fingerprint density at radius 1 is 1.05 bits per heavy atom. The Labute approximate surface area is 230 Å². The number of aliphatic hydroxyl groups is 1. The number of aliphatic imine (C=N–C) groups is 1. The summed E-state index contributed by atoms with van der Waals surface area (Å²) in [7, 11) is 2.11. The van der Waals surface area contributed by atoms with Crippen LogP contribution in [0, 0.1) is 0 Å². The van der Waals surface area contributed by atoms with Crippen LogP contribution in [0.15, 0.2) is 47.6 Å². The summed E-state index contributed by atoms with van der Waals surface area (Å²) in [5.74, 6) is 0.890. The molecule has 0 radical (unpaired) electrons. The highest BCUT2D eigenvalue weighted by Crippen LogP contribution is 2.39. The van der Waals surface area contributed by atoms with E-state index in [1.165, 1.54) is 11.1 Å². The Morgan fingerprint density at radius 2 is 1.82 bits per heavy atom. The molecule has 2 N–H and O–H groups in total. The van der Waals surface area contributed by atoms with Crippen LogP contribution in [-0.4, -0.2) is 78.2 Å². The minimum absolute atomic E-state index is 0.0786. The number of anilines is 5. The standard InChI is InChI=1S/C26H26Cl2N8O2/c1-33-9-11-34(12-10-33)21-6-5-17(13-16(21)15-37)31-25-30-14-18-23(32-25)35-8-7-29-26(35)36(24(18)38)22-19(27)3-2-4-20(22)28/h2-6,13-14,37H,7-12,15H2,1H3,(H,30,31,32). The number of hydrogen-bond donors (Lipinski definition) is 2. The van der Waals surface area contributed by atoms with E-state index in [-0.39, 0.29) is 12.5 Å². The number of likely N-dealkylation sites (N-methyl/N-ethyl adjacent to an activating group) is 1. The highest BCUT2D eigenvalue weighted by molar-refractivity contribution is 6.43. The molecule has 0 unspecified atom stereocenters. The van der Waals surface area contributed by atoms with Crippen molar-refractivity contribution in [2.24, 2.45) is 4.99 Å². The van der Waals surface area contributed by atoms with Crippen LogP contribution in [-0.2, 0) is 6.61 Å². The summed E-state index contributed by atoms with van der Waals surface area (Å²) >= 11 is 12.9. The van der Waals surface area contributed by atoms with Crippen LogP contribution in [0.3, 0.4) is 0 Å². The molecule has 1 amide bonds. The van der Waals surface area contributed by atoms with Gasteiger partial charge in [-0.3, -0.25) is 14.7 Å². The van der Waals surface area contributed by atoms with Crippen LogP contribution in [0.1, 0.15) is 15.9 Å². The first-order valence-electron chi connectivity index (χ1n) is 12.4. The zero-order valence-corrected chi connectivity index (χ0v) is 22.2. The molecule has 6 rings (SSSR count). The number of piperazine rings is 1. The van der Waals surface area contributed by atoms with Gasteiger partial charge in [0.05, 0.1) is 28.9 Å². The minimum atomic E-state index is -0.349. The molecular weight excluding hydrogens is 527 g/mol. The Balaban J connectivity index is 1.30. The number of fused-ring (bicyclic) bond motifs is 3. The summed E-state index contributed by atoms with van der Waals surface area (Å²) in [6.45, 7) is 4.76. The minimum Gasteiger partial charge on any atom is -0.392 e. The monoisotopic (exact) mass is 552 g/mol. The molecule has 3 aromatic rings. The number of amides is 1. The van der Waals surface area contributed by atoms with E-state index in [1.54, 1.807) is 18.2 Å². The van der Waals surface area contributed by atoms with Crippen molar-refractivity contribution in [1.29, 1.82) is 0 Å². The van der Waals surface area contributed by atoms with Gasteiger partial charge in [-0.1, -0.05) is 29.3 Å². The first kappa shape index (κ1) is 24.9. The maximum Gasteiger partial charge on any atom is 0.270 e. The number of carbonyl (C=O) groups is 1. The van der Waals surface area contributed by atoms with Gasteiger partial charge in [-0.15, -0.1) is 0 Å². The van der Waals surface area contributed by atoms with Crippen LogP contribution >= 0.6 is 23.2 Å². The molecule has 1 fully saturated rings. The summed E-state index contributed by atoms with van der Waals surface area (Å²) in [6.07, 6.45) is 1.51. The van der Waals surface area contributed by atoms with E-state index in [0.717, 1.165) is 43.1 Å². The van der Waals surface area contributed by atoms with Crippen molar-refractivity contribution in [2.45, 2.75) is 6.61 Å². The third-order valence-electron chi connectivity index (χ3n) is 6.99. The van der Waals surface area contributed by atoms with Gasteiger partial charge in [0.25, 0.3) is 5.91 Å². The van der Waals surface area contributed by atoms with Crippen molar-refractivity contribution in [3.05, 3.63) is 63.8 Å². The van der Waals surface area contributed by atoms with E-state index in [0.29, 0.717) is 52.1 Å². The van der Waals surface area contributed by atoms with E-state index in [2.05, 4.69) is 37.1 Å². The highest BCUT2D eigenvalue weighted by atomic mass is 35.5. The molecule has 1 saturated heterocycles. The van der Waals surface area contributed by atoms with Gasteiger partial charge in [-0.2, -0.15) is 4.98 Å². The molecule has 196 valence electrons. The van der Waals surface area contributed by atoms with Gasteiger partial charge in [-0.05, 0) is 37.4 Å². The second-order valence-corrected chi connectivity index (χ2v) is 10.2. The smallest absolute Gasteiger partial charge is 0.270 e. The summed E-state index contributed by atoms with van der Waals surface area (Å²) in [4.78, 5) is 35.1. The van der Waals surface area contributed by atoms with Crippen molar-refractivity contribution >= 4 is 63.9 Å². The molecule has 4 heterocycles. The number of rotatable bonds is 5. The Hall–Kier alpha value is -3.44. The maximum absolute atomic E-state index is 13.6. The molecule has 12 heteroatoms. The number of hydrogen-bond acceptors (Lipinski definition) is 9. The van der Waals surface area contributed by atoms with E-state index in [1.807, 2.05) is 23.1 Å². The van der Waals surface area contributed by atoms with E-state index >= 15 is 0 Å². The summed E-state index contributed by atoms with van der Waals surface area (Å²) < 4.78 is 0. The van der Waals surface area contributed by atoms with E-state index in [9.17, 15) is 9.90 Å². The van der Waals surface area contributed by atoms with Crippen LogP contribution in [0.25, 0.3) is 0 Å². The Bertz CT molecular complexity index is 1420. The molecule has 0 saturated carbocycles. The lowest BCUT2D eigenvalue weighted by Crippen LogP contribution is -2.51. The Kier molecular flexibility index (Phi) is 6.56. The van der Waals surface area contributed by atoms with Gasteiger partial charge < -0.3 is 20.2 Å². The quantitative estimate of drug-likeness (QED) is 0.495. The molecule has 38 heavy (non-hydrogen) atoms. The molecule has 2 aromatic carbocycles. The third kappa shape index (κ3) is 4.33. The predicted molar refractivity (Wildman–Crippen MR) is 150 cm³/mol. The molecule has 10 nitrogen and oxygen atoms in total. The lowest BCUT2D eigenvalue weighted by molar-refractivity contribution is 0.1000. The van der Waals surface area contributed by atoms with Gasteiger partial charge in [0.1, 0.15) is 5.56 Å². The van der Waals surface area contributed by atoms with Gasteiger partial charge >= 0.3 is 0 Å². The second-order valence-electron chi connectivity index (χ2n) is 9.39. The Morgan fingerprint density at radius 3 is 2.55 bits per heavy atom. The zero-order valence-electron chi connectivity index (χ0n) is 20.7. The topological polar surface area (TPSA) is 100 Å².